The number of fused-ring (bicyclic) bond motifs is 2. The van der Waals surface area contributed by atoms with E-state index in [0.29, 0.717) is 5.69 Å². The van der Waals surface area contributed by atoms with Crippen LogP contribution < -0.4 is 0 Å². The molecule has 3 heterocycles. The molecule has 1 aromatic carbocycles. The van der Waals surface area contributed by atoms with Crippen molar-refractivity contribution < 1.29 is 17.6 Å². The Hall–Kier alpha value is -2.70. The van der Waals surface area contributed by atoms with Gasteiger partial charge in [0.15, 0.2) is 11.5 Å². The number of aliphatic imine (C=N–C) groups is 1. The Balaban J connectivity index is 2.07. The van der Waals surface area contributed by atoms with E-state index in [0.717, 1.165) is 6.07 Å². The van der Waals surface area contributed by atoms with Crippen LogP contribution in [0.3, 0.4) is 0 Å². The number of rotatable bonds is 1. The van der Waals surface area contributed by atoms with E-state index in [9.17, 15) is 17.6 Å². The van der Waals surface area contributed by atoms with Gasteiger partial charge in [-0.3, -0.25) is 9.39 Å². The van der Waals surface area contributed by atoms with Gasteiger partial charge in [0.05, 0.1) is 23.2 Å². The maximum Gasteiger partial charge on any atom is 0.300 e. The van der Waals surface area contributed by atoms with Crippen molar-refractivity contribution in [2.24, 2.45) is 4.99 Å². The van der Waals surface area contributed by atoms with Gasteiger partial charge < -0.3 is 0 Å². The minimum absolute atomic E-state index is 0.0182. The van der Waals surface area contributed by atoms with E-state index in [1.165, 1.54) is 48.7 Å². The van der Waals surface area contributed by atoms with E-state index < -0.39 is 28.7 Å². The molecule has 128 valence electrons. The van der Waals surface area contributed by atoms with Crippen molar-refractivity contribution in [3.05, 3.63) is 71.2 Å². The van der Waals surface area contributed by atoms with Crippen LogP contribution in [-0.2, 0) is 5.92 Å². The van der Waals surface area contributed by atoms with Crippen LogP contribution in [0.5, 0.6) is 0 Å². The maximum absolute atomic E-state index is 14.8. The summed E-state index contributed by atoms with van der Waals surface area (Å²) in [7, 11) is 0. The van der Waals surface area contributed by atoms with E-state index in [2.05, 4.69) is 9.98 Å². The predicted molar refractivity (Wildman–Crippen MR) is 85.2 cm³/mol. The molecular formula is C18H13F4N3. The highest BCUT2D eigenvalue weighted by Crippen LogP contribution is 2.47. The van der Waals surface area contributed by atoms with Crippen LogP contribution in [0.15, 0.2) is 47.7 Å². The molecule has 0 N–H and O–H groups in total. The molecule has 0 spiro atoms. The molecule has 25 heavy (non-hydrogen) atoms. The van der Waals surface area contributed by atoms with Crippen LogP contribution in [0.1, 0.15) is 30.7 Å². The van der Waals surface area contributed by atoms with E-state index in [4.69, 9.17) is 0 Å². The van der Waals surface area contributed by atoms with Crippen molar-refractivity contribution in [2.45, 2.75) is 25.3 Å². The van der Waals surface area contributed by atoms with Gasteiger partial charge in [0, 0.05) is 11.8 Å². The zero-order valence-corrected chi connectivity index (χ0v) is 13.4. The molecule has 1 aliphatic heterocycles. The Morgan fingerprint density at radius 1 is 1.00 bits per heavy atom. The summed E-state index contributed by atoms with van der Waals surface area (Å²) in [6, 6.07) is 6.46. The summed E-state index contributed by atoms with van der Waals surface area (Å²) in [6.45, 7) is 2.48. The molecule has 0 bridgehead atoms. The lowest BCUT2D eigenvalue weighted by Crippen LogP contribution is -2.45. The molecule has 0 radical (unpaired) electrons. The molecule has 0 aliphatic carbocycles. The summed E-state index contributed by atoms with van der Waals surface area (Å²) in [5, 5.41) is 0. The lowest BCUT2D eigenvalue weighted by atomic mass is 9.82. The summed E-state index contributed by atoms with van der Waals surface area (Å²) in [6.07, 6.45) is 2.91. The molecular weight excluding hydrogens is 334 g/mol. The van der Waals surface area contributed by atoms with E-state index >= 15 is 0 Å². The monoisotopic (exact) mass is 347 g/mol. The molecule has 4 rings (SSSR count). The Morgan fingerprint density at radius 3 is 2.48 bits per heavy atom. The van der Waals surface area contributed by atoms with Gasteiger partial charge in [0.25, 0.3) is 0 Å². The Labute approximate surface area is 140 Å². The number of alkyl halides is 2. The molecule has 3 aromatic rings. The molecule has 0 atom stereocenters. The highest BCUT2D eigenvalue weighted by Gasteiger charge is 2.54. The largest absolute Gasteiger partial charge is 0.300 e. The van der Waals surface area contributed by atoms with E-state index in [1.807, 2.05) is 0 Å². The van der Waals surface area contributed by atoms with Crippen molar-refractivity contribution >= 4 is 11.4 Å². The third-order valence-corrected chi connectivity index (χ3v) is 4.47. The molecule has 1 aliphatic rings. The summed E-state index contributed by atoms with van der Waals surface area (Å²) in [5.74, 6) is -5.03. The lowest BCUT2D eigenvalue weighted by Gasteiger charge is -2.37. The fourth-order valence-corrected chi connectivity index (χ4v) is 3.10. The van der Waals surface area contributed by atoms with Crippen LogP contribution in [0, 0.1) is 11.6 Å². The molecule has 2 aromatic heterocycles. The van der Waals surface area contributed by atoms with Gasteiger partial charge in [0.2, 0.25) is 0 Å². The van der Waals surface area contributed by atoms with Gasteiger partial charge in [-0.15, -0.1) is 0 Å². The molecule has 0 unspecified atom stereocenters. The quantitative estimate of drug-likeness (QED) is 0.603. The highest BCUT2D eigenvalue weighted by atomic mass is 19.3. The SMILES string of the molecule is CC1(C)N=C(c2cnc3c(F)cccn23)c2cccc(F)c2C1(F)F. The van der Waals surface area contributed by atoms with E-state index in [1.54, 1.807) is 6.20 Å². The topological polar surface area (TPSA) is 29.7 Å². The first-order valence-electron chi connectivity index (χ1n) is 7.63. The third-order valence-electron chi connectivity index (χ3n) is 4.47. The average Bonchev–Trinajstić information content (AvgIpc) is 2.96. The van der Waals surface area contributed by atoms with Gasteiger partial charge in [-0.2, -0.15) is 8.78 Å². The maximum atomic E-state index is 14.8. The molecule has 3 nitrogen and oxygen atoms in total. The minimum atomic E-state index is -3.48. The second-order valence-corrected chi connectivity index (χ2v) is 6.45. The Kier molecular flexibility index (Phi) is 3.10. The third kappa shape index (κ3) is 2.04. The van der Waals surface area contributed by atoms with Gasteiger partial charge in [0.1, 0.15) is 11.4 Å². The smallest absolute Gasteiger partial charge is 0.296 e. The summed E-state index contributed by atoms with van der Waals surface area (Å²) >= 11 is 0. The van der Waals surface area contributed by atoms with E-state index in [-0.39, 0.29) is 16.9 Å². The fraction of sp³-hybridized carbons (Fsp3) is 0.222. The van der Waals surface area contributed by atoms with Crippen molar-refractivity contribution in [1.29, 1.82) is 0 Å². The number of imidazole rings is 1. The zero-order chi connectivity index (χ0) is 18.0. The first kappa shape index (κ1) is 15.8. The number of halogens is 4. The first-order chi connectivity index (χ1) is 11.7. The summed E-state index contributed by atoms with van der Waals surface area (Å²) in [5.41, 5.74) is -2.05. The van der Waals surface area contributed by atoms with Crippen LogP contribution >= 0.6 is 0 Å². The van der Waals surface area contributed by atoms with Crippen molar-refractivity contribution in [3.8, 4) is 0 Å². The molecule has 0 amide bonds. The summed E-state index contributed by atoms with van der Waals surface area (Å²) in [4.78, 5) is 8.19. The van der Waals surface area contributed by atoms with Gasteiger partial charge in [-0.1, -0.05) is 12.1 Å². The first-order valence-corrected chi connectivity index (χ1v) is 7.63. The highest BCUT2D eigenvalue weighted by molar-refractivity contribution is 6.14. The number of benzene rings is 1. The second-order valence-electron chi connectivity index (χ2n) is 6.45. The number of pyridine rings is 1. The number of hydrogen-bond acceptors (Lipinski definition) is 2. The second kappa shape index (κ2) is 4.91. The van der Waals surface area contributed by atoms with Crippen LogP contribution in [-0.4, -0.2) is 20.6 Å². The van der Waals surface area contributed by atoms with Crippen LogP contribution in [0.25, 0.3) is 5.65 Å². The molecule has 0 fully saturated rings. The Morgan fingerprint density at radius 2 is 1.72 bits per heavy atom. The van der Waals surface area contributed by atoms with Crippen LogP contribution in [0.4, 0.5) is 17.6 Å². The molecule has 0 saturated heterocycles. The van der Waals surface area contributed by atoms with Gasteiger partial charge in [-0.25, -0.2) is 13.8 Å². The standard InChI is InChI=1S/C18H13F4N3/c1-17(2)18(21,22)14-10(5-3-6-11(14)19)15(24-17)13-9-23-16-12(20)7-4-8-25(13)16/h3-9H,1-2H3. The molecule has 0 saturated carbocycles. The minimum Gasteiger partial charge on any atom is -0.296 e. The van der Waals surface area contributed by atoms with Gasteiger partial charge in [-0.05, 0) is 32.0 Å². The number of nitrogens with zero attached hydrogens (tertiary/aromatic N) is 3. The number of aromatic nitrogens is 2. The van der Waals surface area contributed by atoms with Crippen molar-refractivity contribution in [2.75, 3.05) is 0 Å². The predicted octanol–water partition coefficient (Wildman–Crippen LogP) is 4.33. The van der Waals surface area contributed by atoms with Crippen molar-refractivity contribution in [1.82, 2.24) is 9.38 Å². The lowest BCUT2D eigenvalue weighted by molar-refractivity contribution is -0.0710. The molecule has 7 heteroatoms. The normalized spacial score (nSPS) is 18.1. The number of hydrogen-bond donors (Lipinski definition) is 0. The van der Waals surface area contributed by atoms with Gasteiger partial charge >= 0.3 is 5.92 Å². The summed E-state index contributed by atoms with van der Waals surface area (Å²) < 4.78 is 59.2. The zero-order valence-electron chi connectivity index (χ0n) is 13.4. The fourth-order valence-electron chi connectivity index (χ4n) is 3.10. The average molecular weight is 347 g/mol. The van der Waals surface area contributed by atoms with Crippen LogP contribution in [0.2, 0.25) is 0 Å². The van der Waals surface area contributed by atoms with Crippen molar-refractivity contribution in [3.63, 3.8) is 0 Å². The Bertz CT molecular complexity index is 1030.